The maximum absolute atomic E-state index is 12.5. The van der Waals surface area contributed by atoms with E-state index in [2.05, 4.69) is 5.16 Å². The molecule has 1 unspecified atom stereocenters. The summed E-state index contributed by atoms with van der Waals surface area (Å²) in [7, 11) is 0. The number of oxime groups is 1. The van der Waals surface area contributed by atoms with Crippen LogP contribution in [0.3, 0.4) is 0 Å². The molecule has 2 rings (SSSR count). The Labute approximate surface area is 112 Å². The fourth-order valence-electron chi connectivity index (χ4n) is 2.65. The number of hydrogen-bond acceptors (Lipinski definition) is 5. The molecule has 0 bridgehead atoms. The summed E-state index contributed by atoms with van der Waals surface area (Å²) in [6.45, 7) is 4.38. The molecule has 0 aromatic heterocycles. The van der Waals surface area contributed by atoms with Crippen molar-refractivity contribution in [1.82, 2.24) is 4.90 Å². The molecule has 1 heterocycles. The van der Waals surface area contributed by atoms with Gasteiger partial charge >= 0.3 is 0 Å². The zero-order valence-electron chi connectivity index (χ0n) is 11.3. The van der Waals surface area contributed by atoms with Gasteiger partial charge in [-0.3, -0.25) is 4.79 Å². The van der Waals surface area contributed by atoms with Crippen LogP contribution < -0.4 is 5.73 Å². The Bertz CT molecular complexity index is 404. The van der Waals surface area contributed by atoms with E-state index in [4.69, 9.17) is 15.7 Å². The Morgan fingerprint density at radius 3 is 2.63 bits per heavy atom. The molecule has 108 valence electrons. The Hall–Kier alpha value is -1.34. The minimum Gasteiger partial charge on any atom is -0.409 e. The van der Waals surface area contributed by atoms with Gasteiger partial charge < -0.3 is 25.7 Å². The SMILES string of the molecule is CC1(C)CN(C(=O)C2(C(N)=NO)CC2)CC(CO)O1. The first-order valence-electron chi connectivity index (χ1n) is 6.41. The van der Waals surface area contributed by atoms with Crippen LogP contribution in [0.15, 0.2) is 5.16 Å². The molecule has 1 atom stereocenters. The van der Waals surface area contributed by atoms with Crippen molar-refractivity contribution in [3.63, 3.8) is 0 Å². The Kier molecular flexibility index (Phi) is 3.44. The average molecular weight is 271 g/mol. The van der Waals surface area contributed by atoms with E-state index >= 15 is 0 Å². The van der Waals surface area contributed by atoms with E-state index in [1.165, 1.54) is 0 Å². The largest absolute Gasteiger partial charge is 0.409 e. The second-order valence-electron chi connectivity index (χ2n) is 5.94. The van der Waals surface area contributed by atoms with Crippen LogP contribution in [0.1, 0.15) is 26.7 Å². The summed E-state index contributed by atoms with van der Waals surface area (Å²) in [5, 5.41) is 21.0. The number of carbonyl (C=O) groups is 1. The molecule has 0 spiro atoms. The van der Waals surface area contributed by atoms with Gasteiger partial charge in [0.25, 0.3) is 0 Å². The normalized spacial score (nSPS) is 29.1. The first-order chi connectivity index (χ1) is 8.84. The minimum absolute atomic E-state index is 0.0256. The highest BCUT2D eigenvalue weighted by atomic mass is 16.5. The number of nitrogens with zero attached hydrogens (tertiary/aromatic N) is 2. The van der Waals surface area contributed by atoms with Gasteiger partial charge in [0, 0.05) is 13.1 Å². The third-order valence-electron chi connectivity index (χ3n) is 3.73. The number of amidine groups is 1. The van der Waals surface area contributed by atoms with Gasteiger partial charge in [0.15, 0.2) is 5.84 Å². The monoisotopic (exact) mass is 271 g/mol. The van der Waals surface area contributed by atoms with Crippen LogP contribution in [-0.2, 0) is 9.53 Å². The average Bonchev–Trinajstić information content (AvgIpc) is 3.16. The number of amides is 1. The molecule has 1 saturated heterocycles. The summed E-state index contributed by atoms with van der Waals surface area (Å²) in [5.41, 5.74) is 4.27. The maximum Gasteiger partial charge on any atom is 0.236 e. The number of ether oxygens (including phenoxy) is 1. The molecule has 2 fully saturated rings. The van der Waals surface area contributed by atoms with Crippen molar-refractivity contribution in [3.05, 3.63) is 0 Å². The van der Waals surface area contributed by atoms with Crippen LogP contribution in [0, 0.1) is 5.41 Å². The molecule has 1 saturated carbocycles. The Balaban J connectivity index is 2.15. The summed E-state index contributed by atoms with van der Waals surface area (Å²) < 4.78 is 5.67. The lowest BCUT2D eigenvalue weighted by atomic mass is 9.99. The lowest BCUT2D eigenvalue weighted by molar-refractivity contribution is -0.169. The van der Waals surface area contributed by atoms with Crippen molar-refractivity contribution in [2.24, 2.45) is 16.3 Å². The second-order valence-corrected chi connectivity index (χ2v) is 5.94. The van der Waals surface area contributed by atoms with E-state index in [9.17, 15) is 9.90 Å². The number of carbonyl (C=O) groups excluding carboxylic acids is 1. The number of aliphatic hydroxyl groups excluding tert-OH is 1. The van der Waals surface area contributed by atoms with E-state index in [0.717, 1.165) is 0 Å². The third-order valence-corrected chi connectivity index (χ3v) is 3.73. The molecule has 1 aliphatic carbocycles. The standard InChI is InChI=1S/C12H21N3O4/c1-11(2)7-15(5-8(6-16)19-11)10(17)12(3-4-12)9(13)14-18/h8,16,18H,3-7H2,1-2H3,(H2,13,14). The van der Waals surface area contributed by atoms with Crippen molar-refractivity contribution in [1.29, 1.82) is 0 Å². The molecule has 0 aromatic carbocycles. The fraction of sp³-hybridized carbons (Fsp3) is 0.833. The molecule has 1 amide bonds. The van der Waals surface area contributed by atoms with Crippen LogP contribution in [-0.4, -0.2) is 58.4 Å². The summed E-state index contributed by atoms with van der Waals surface area (Å²) in [6, 6.07) is 0. The second kappa shape index (κ2) is 4.64. The molecular formula is C12H21N3O4. The molecular weight excluding hydrogens is 250 g/mol. The number of aliphatic hydroxyl groups is 1. The smallest absolute Gasteiger partial charge is 0.236 e. The molecule has 7 nitrogen and oxygen atoms in total. The zero-order valence-corrected chi connectivity index (χ0v) is 11.3. The van der Waals surface area contributed by atoms with Crippen molar-refractivity contribution in [2.75, 3.05) is 19.7 Å². The van der Waals surface area contributed by atoms with Crippen LogP contribution >= 0.6 is 0 Å². The molecule has 0 radical (unpaired) electrons. The molecule has 1 aliphatic heterocycles. The first-order valence-corrected chi connectivity index (χ1v) is 6.41. The van der Waals surface area contributed by atoms with Gasteiger partial charge in [-0.1, -0.05) is 5.16 Å². The summed E-state index contributed by atoms with van der Waals surface area (Å²) in [4.78, 5) is 14.2. The molecule has 7 heteroatoms. The van der Waals surface area contributed by atoms with E-state index < -0.39 is 17.1 Å². The minimum atomic E-state index is -0.845. The van der Waals surface area contributed by atoms with Gasteiger partial charge in [-0.05, 0) is 26.7 Å². The Morgan fingerprint density at radius 2 is 2.16 bits per heavy atom. The van der Waals surface area contributed by atoms with Crippen molar-refractivity contribution < 1.29 is 19.8 Å². The summed E-state index contributed by atoms with van der Waals surface area (Å²) in [5.74, 6) is -0.167. The highest BCUT2D eigenvalue weighted by molar-refractivity contribution is 6.09. The number of hydrogen-bond donors (Lipinski definition) is 3. The third kappa shape index (κ3) is 2.52. The fourth-order valence-corrected chi connectivity index (χ4v) is 2.65. The maximum atomic E-state index is 12.5. The molecule has 0 aromatic rings. The lowest BCUT2D eigenvalue weighted by Gasteiger charge is -2.43. The van der Waals surface area contributed by atoms with Crippen molar-refractivity contribution in [3.8, 4) is 0 Å². The van der Waals surface area contributed by atoms with E-state index in [1.54, 1.807) is 4.90 Å². The molecule has 19 heavy (non-hydrogen) atoms. The quantitative estimate of drug-likeness (QED) is 0.278. The van der Waals surface area contributed by atoms with Gasteiger partial charge in [0.05, 0.1) is 18.3 Å². The van der Waals surface area contributed by atoms with E-state index in [0.29, 0.717) is 25.9 Å². The van der Waals surface area contributed by atoms with Gasteiger partial charge in [-0.25, -0.2) is 0 Å². The molecule has 4 N–H and O–H groups in total. The van der Waals surface area contributed by atoms with Crippen LogP contribution in [0.25, 0.3) is 0 Å². The van der Waals surface area contributed by atoms with Crippen molar-refractivity contribution in [2.45, 2.75) is 38.4 Å². The van der Waals surface area contributed by atoms with Gasteiger partial charge in [-0.15, -0.1) is 0 Å². The molecule has 2 aliphatic rings. The van der Waals surface area contributed by atoms with Gasteiger partial charge in [0.2, 0.25) is 5.91 Å². The number of nitrogens with two attached hydrogens (primary N) is 1. The van der Waals surface area contributed by atoms with Crippen LogP contribution in [0.2, 0.25) is 0 Å². The van der Waals surface area contributed by atoms with Crippen LogP contribution in [0.4, 0.5) is 0 Å². The predicted octanol–water partition coefficient (Wildman–Crippen LogP) is -0.489. The van der Waals surface area contributed by atoms with E-state index in [1.807, 2.05) is 13.8 Å². The summed E-state index contributed by atoms with van der Waals surface area (Å²) in [6.07, 6.45) is 0.808. The van der Waals surface area contributed by atoms with E-state index in [-0.39, 0.29) is 18.3 Å². The zero-order chi connectivity index (χ0) is 14.3. The number of rotatable bonds is 3. The van der Waals surface area contributed by atoms with Crippen molar-refractivity contribution >= 4 is 11.7 Å². The van der Waals surface area contributed by atoms with Gasteiger partial charge in [0.1, 0.15) is 5.41 Å². The summed E-state index contributed by atoms with van der Waals surface area (Å²) >= 11 is 0. The predicted molar refractivity (Wildman–Crippen MR) is 67.7 cm³/mol. The highest BCUT2D eigenvalue weighted by Gasteiger charge is 2.57. The topological polar surface area (TPSA) is 108 Å². The first kappa shape index (κ1) is 14.1. The van der Waals surface area contributed by atoms with Crippen LogP contribution in [0.5, 0.6) is 0 Å². The van der Waals surface area contributed by atoms with Gasteiger partial charge in [-0.2, -0.15) is 0 Å². The lowest BCUT2D eigenvalue weighted by Crippen LogP contribution is -2.58. The highest BCUT2D eigenvalue weighted by Crippen LogP contribution is 2.48. The number of morpholine rings is 1. The Morgan fingerprint density at radius 1 is 1.53 bits per heavy atom.